The first-order valence-corrected chi connectivity index (χ1v) is 9.39. The summed E-state index contributed by atoms with van der Waals surface area (Å²) in [4.78, 5) is 2.71. The first kappa shape index (κ1) is 16.0. The van der Waals surface area contributed by atoms with Crippen LogP contribution in [0.15, 0.2) is 18.2 Å². The minimum atomic E-state index is 0.513. The number of fused-ring (bicyclic) bond motifs is 1. The predicted molar refractivity (Wildman–Crippen MR) is 94.4 cm³/mol. The van der Waals surface area contributed by atoms with E-state index in [1.165, 1.54) is 70.0 Å². The van der Waals surface area contributed by atoms with Gasteiger partial charge in [-0.15, -0.1) is 0 Å². The Hall–Kier alpha value is -0.860. The fraction of sp³-hybridized carbons (Fsp3) is 0.700. The first-order chi connectivity index (χ1) is 10.8. The molecule has 2 atom stereocenters. The normalized spacial score (nSPS) is 24.0. The molecule has 3 rings (SSSR count). The van der Waals surface area contributed by atoms with Crippen molar-refractivity contribution in [3.8, 4) is 0 Å². The van der Waals surface area contributed by atoms with E-state index in [4.69, 9.17) is 5.73 Å². The van der Waals surface area contributed by atoms with Crippen LogP contribution in [0.25, 0.3) is 0 Å². The molecule has 1 heterocycles. The zero-order chi connectivity index (χ0) is 15.4. The minimum Gasteiger partial charge on any atom is -0.330 e. The molecule has 1 aromatic carbocycles. The molecule has 22 heavy (non-hydrogen) atoms. The molecule has 1 saturated heterocycles. The summed E-state index contributed by atoms with van der Waals surface area (Å²) in [5.74, 6) is 0.513. The van der Waals surface area contributed by atoms with Gasteiger partial charge in [-0.1, -0.05) is 31.5 Å². The minimum absolute atomic E-state index is 0.513. The van der Waals surface area contributed by atoms with Crippen molar-refractivity contribution in [2.75, 3.05) is 19.6 Å². The maximum atomic E-state index is 6.24. The zero-order valence-electron chi connectivity index (χ0n) is 14.2. The number of nitrogens with two attached hydrogens (primary N) is 1. The molecule has 2 N–H and O–H groups in total. The second kappa shape index (κ2) is 7.61. The van der Waals surface area contributed by atoms with Crippen LogP contribution in [0.1, 0.15) is 68.1 Å². The van der Waals surface area contributed by atoms with Gasteiger partial charge in [0.15, 0.2) is 0 Å². The largest absolute Gasteiger partial charge is 0.330 e. The van der Waals surface area contributed by atoms with Crippen LogP contribution in [0.2, 0.25) is 0 Å². The Labute approximate surface area is 136 Å². The number of piperidine rings is 1. The third-order valence-electron chi connectivity index (χ3n) is 5.69. The van der Waals surface area contributed by atoms with Crippen LogP contribution in [0.5, 0.6) is 0 Å². The van der Waals surface area contributed by atoms with E-state index in [0.29, 0.717) is 12.0 Å². The Morgan fingerprint density at radius 3 is 2.73 bits per heavy atom. The van der Waals surface area contributed by atoms with Crippen molar-refractivity contribution < 1.29 is 0 Å². The molecule has 2 nitrogen and oxygen atoms in total. The Morgan fingerprint density at radius 2 is 1.95 bits per heavy atom. The van der Waals surface area contributed by atoms with Gasteiger partial charge >= 0.3 is 0 Å². The Morgan fingerprint density at radius 1 is 1.14 bits per heavy atom. The predicted octanol–water partition coefficient (Wildman–Crippen LogP) is 3.87. The molecular weight excluding hydrogens is 268 g/mol. The van der Waals surface area contributed by atoms with Crippen molar-refractivity contribution in [3.63, 3.8) is 0 Å². The molecule has 0 spiro atoms. The fourth-order valence-electron chi connectivity index (χ4n) is 4.54. The summed E-state index contributed by atoms with van der Waals surface area (Å²) in [7, 11) is 0. The summed E-state index contributed by atoms with van der Waals surface area (Å²) in [6, 6.07) is 7.91. The number of rotatable bonds is 5. The first-order valence-electron chi connectivity index (χ1n) is 9.39. The van der Waals surface area contributed by atoms with Gasteiger partial charge in [0.25, 0.3) is 0 Å². The summed E-state index contributed by atoms with van der Waals surface area (Å²) in [6.07, 6.45) is 10.5. The Kier molecular flexibility index (Phi) is 5.54. The maximum absolute atomic E-state index is 6.24. The van der Waals surface area contributed by atoms with Crippen molar-refractivity contribution in [2.45, 2.75) is 70.3 Å². The molecule has 122 valence electrons. The summed E-state index contributed by atoms with van der Waals surface area (Å²) >= 11 is 0. The van der Waals surface area contributed by atoms with Gasteiger partial charge in [0.1, 0.15) is 0 Å². The van der Waals surface area contributed by atoms with Gasteiger partial charge in [-0.05, 0) is 74.7 Å². The van der Waals surface area contributed by atoms with Gasteiger partial charge in [-0.3, -0.25) is 4.90 Å². The van der Waals surface area contributed by atoms with E-state index >= 15 is 0 Å². The highest BCUT2D eigenvalue weighted by atomic mass is 15.2. The van der Waals surface area contributed by atoms with Gasteiger partial charge in [-0.2, -0.15) is 0 Å². The summed E-state index contributed by atoms with van der Waals surface area (Å²) < 4.78 is 0. The molecular formula is C20H32N2. The van der Waals surface area contributed by atoms with Crippen LogP contribution in [0, 0.1) is 0 Å². The lowest BCUT2D eigenvalue weighted by molar-refractivity contribution is 0.127. The van der Waals surface area contributed by atoms with Gasteiger partial charge in [0.05, 0.1) is 0 Å². The van der Waals surface area contributed by atoms with Crippen molar-refractivity contribution >= 4 is 0 Å². The molecule has 0 aromatic heterocycles. The van der Waals surface area contributed by atoms with Gasteiger partial charge in [-0.25, -0.2) is 0 Å². The van der Waals surface area contributed by atoms with E-state index < -0.39 is 0 Å². The van der Waals surface area contributed by atoms with E-state index in [0.717, 1.165) is 6.54 Å². The molecule has 0 radical (unpaired) electrons. The topological polar surface area (TPSA) is 29.3 Å². The average Bonchev–Trinajstić information content (AvgIpc) is 2.57. The third-order valence-corrected chi connectivity index (χ3v) is 5.69. The number of nitrogens with zero attached hydrogens (tertiary/aromatic N) is 1. The molecule has 0 bridgehead atoms. The fourth-order valence-corrected chi connectivity index (χ4v) is 4.54. The van der Waals surface area contributed by atoms with Crippen LogP contribution < -0.4 is 5.73 Å². The monoisotopic (exact) mass is 300 g/mol. The number of likely N-dealkylation sites (tertiary alicyclic amines) is 1. The molecule has 2 unspecified atom stereocenters. The lowest BCUT2D eigenvalue weighted by Crippen LogP contribution is -2.45. The van der Waals surface area contributed by atoms with E-state index in [2.05, 4.69) is 30.0 Å². The molecule has 1 aliphatic carbocycles. The number of hydrogen-bond acceptors (Lipinski definition) is 2. The van der Waals surface area contributed by atoms with Gasteiger partial charge < -0.3 is 5.73 Å². The summed E-state index contributed by atoms with van der Waals surface area (Å²) in [5, 5.41) is 0. The molecule has 0 saturated carbocycles. The molecule has 2 heteroatoms. The van der Waals surface area contributed by atoms with Gasteiger partial charge in [0, 0.05) is 18.5 Å². The van der Waals surface area contributed by atoms with E-state index in [9.17, 15) is 0 Å². The van der Waals surface area contributed by atoms with Crippen molar-refractivity contribution in [3.05, 3.63) is 34.9 Å². The second-order valence-electron chi connectivity index (χ2n) is 7.18. The van der Waals surface area contributed by atoms with Crippen molar-refractivity contribution in [1.82, 2.24) is 4.90 Å². The number of benzene rings is 1. The maximum Gasteiger partial charge on any atom is 0.0176 e. The quantitative estimate of drug-likeness (QED) is 0.894. The summed E-state index contributed by atoms with van der Waals surface area (Å²) in [5.41, 5.74) is 10.9. The van der Waals surface area contributed by atoms with Crippen LogP contribution in [0.4, 0.5) is 0 Å². The highest BCUT2D eigenvalue weighted by Gasteiger charge is 2.30. The molecule has 1 fully saturated rings. The van der Waals surface area contributed by atoms with E-state index in [1.54, 1.807) is 11.1 Å². The van der Waals surface area contributed by atoms with Crippen LogP contribution in [-0.4, -0.2) is 30.6 Å². The molecule has 0 amide bonds. The summed E-state index contributed by atoms with van der Waals surface area (Å²) in [6.45, 7) is 5.57. The van der Waals surface area contributed by atoms with Gasteiger partial charge in [0.2, 0.25) is 0 Å². The average molecular weight is 300 g/mol. The Balaban J connectivity index is 1.83. The lowest BCUT2D eigenvalue weighted by atomic mass is 9.82. The molecule has 2 aliphatic rings. The van der Waals surface area contributed by atoms with E-state index in [-0.39, 0.29) is 0 Å². The zero-order valence-corrected chi connectivity index (χ0v) is 14.2. The second-order valence-corrected chi connectivity index (χ2v) is 7.18. The number of hydrogen-bond donors (Lipinski definition) is 1. The highest BCUT2D eigenvalue weighted by molar-refractivity contribution is 5.36. The van der Waals surface area contributed by atoms with Crippen LogP contribution >= 0.6 is 0 Å². The molecule has 1 aliphatic heterocycles. The van der Waals surface area contributed by atoms with E-state index in [1.807, 2.05) is 0 Å². The smallest absolute Gasteiger partial charge is 0.0176 e. The van der Waals surface area contributed by atoms with Crippen molar-refractivity contribution in [2.24, 2.45) is 5.73 Å². The SMILES string of the molecule is CCCN1CCCCC1C(CN)c1ccc2c(c1)CCCC2. The Bertz CT molecular complexity index is 481. The highest BCUT2D eigenvalue weighted by Crippen LogP contribution is 2.32. The van der Waals surface area contributed by atoms with Crippen LogP contribution in [0.3, 0.4) is 0 Å². The number of aryl methyl sites for hydroxylation is 2. The molecule has 1 aromatic rings. The van der Waals surface area contributed by atoms with Crippen LogP contribution in [-0.2, 0) is 12.8 Å². The standard InChI is InChI=1S/C20H32N2/c1-2-12-22-13-6-5-9-20(22)19(15-21)18-11-10-16-7-3-4-8-17(16)14-18/h10-11,14,19-20H,2-9,12-13,15,21H2,1H3. The lowest BCUT2D eigenvalue weighted by Gasteiger charge is -2.40. The third kappa shape index (κ3) is 3.38. The van der Waals surface area contributed by atoms with Crippen molar-refractivity contribution in [1.29, 1.82) is 0 Å².